The first-order chi connectivity index (χ1) is 15.0. The molecule has 0 aliphatic carbocycles. The van der Waals surface area contributed by atoms with Crippen molar-refractivity contribution in [1.29, 1.82) is 0 Å². The molecule has 1 fully saturated rings. The summed E-state index contributed by atoms with van der Waals surface area (Å²) in [6, 6.07) is 7.77. The number of nitrogens with one attached hydrogen (secondary N) is 2. The molecule has 8 nitrogen and oxygen atoms in total. The summed E-state index contributed by atoms with van der Waals surface area (Å²) >= 11 is 1.34. The van der Waals surface area contributed by atoms with E-state index in [-0.39, 0.29) is 5.91 Å². The first-order valence-electron chi connectivity index (χ1n) is 10.3. The second-order valence-electron chi connectivity index (χ2n) is 7.14. The highest BCUT2D eigenvalue weighted by Crippen LogP contribution is 2.28. The van der Waals surface area contributed by atoms with Crippen molar-refractivity contribution in [2.24, 2.45) is 0 Å². The van der Waals surface area contributed by atoms with Gasteiger partial charge in [0.1, 0.15) is 6.04 Å². The summed E-state index contributed by atoms with van der Waals surface area (Å²) < 4.78 is 11.0. The third-order valence-electron chi connectivity index (χ3n) is 5.03. The van der Waals surface area contributed by atoms with Crippen LogP contribution in [0, 0.1) is 0 Å². The minimum Gasteiger partial charge on any atom is -0.493 e. The molecule has 0 radical (unpaired) electrons. The van der Waals surface area contributed by atoms with Crippen molar-refractivity contribution >= 4 is 29.1 Å². The fourth-order valence-electron chi connectivity index (χ4n) is 3.35. The first-order valence-corrected chi connectivity index (χ1v) is 11.2. The Balaban J connectivity index is 1.58. The van der Waals surface area contributed by atoms with Crippen LogP contribution in [-0.4, -0.2) is 48.9 Å². The average Bonchev–Trinajstić information content (AvgIpc) is 3.49. The van der Waals surface area contributed by atoms with Gasteiger partial charge in [-0.05, 0) is 48.9 Å². The second-order valence-corrected chi connectivity index (χ2v) is 8.09. The zero-order chi connectivity index (χ0) is 22.2. The molecular formula is C22H27N3O5S. The number of unbranched alkanes of at least 4 members (excludes halogenated alkanes) is 1. The van der Waals surface area contributed by atoms with Gasteiger partial charge in [-0.15, -0.1) is 11.3 Å². The Labute approximate surface area is 185 Å². The van der Waals surface area contributed by atoms with Crippen LogP contribution in [0.2, 0.25) is 0 Å². The fraction of sp³-hybridized carbons (Fsp3) is 0.409. The van der Waals surface area contributed by atoms with E-state index in [1.54, 1.807) is 35.2 Å². The van der Waals surface area contributed by atoms with Gasteiger partial charge in [0.05, 0.1) is 18.6 Å². The molecule has 0 bridgehead atoms. The number of rotatable bonds is 8. The lowest BCUT2D eigenvalue weighted by molar-refractivity contribution is -0.125. The monoisotopic (exact) mass is 445 g/mol. The molecule has 31 heavy (non-hydrogen) atoms. The number of methoxy groups -OCH3 is 1. The van der Waals surface area contributed by atoms with E-state index in [2.05, 4.69) is 17.8 Å². The molecule has 2 heterocycles. The van der Waals surface area contributed by atoms with E-state index in [9.17, 15) is 14.4 Å². The molecule has 2 aromatic rings. The Kier molecular flexibility index (Phi) is 7.88. The molecule has 0 spiro atoms. The van der Waals surface area contributed by atoms with Crippen molar-refractivity contribution in [3.63, 3.8) is 0 Å². The van der Waals surface area contributed by atoms with E-state index in [4.69, 9.17) is 9.47 Å². The quantitative estimate of drug-likeness (QED) is 0.481. The van der Waals surface area contributed by atoms with Crippen molar-refractivity contribution < 1.29 is 23.9 Å². The molecule has 1 aromatic heterocycles. The molecular weight excluding hydrogens is 418 g/mol. The van der Waals surface area contributed by atoms with E-state index in [1.165, 1.54) is 18.4 Å². The topological polar surface area (TPSA) is 97.0 Å². The lowest BCUT2D eigenvalue weighted by Gasteiger charge is -2.23. The van der Waals surface area contributed by atoms with Crippen LogP contribution < -0.4 is 20.3 Å². The van der Waals surface area contributed by atoms with Crippen molar-refractivity contribution in [2.45, 2.75) is 38.6 Å². The molecule has 1 aliphatic heterocycles. The predicted octanol–water partition coefficient (Wildman–Crippen LogP) is 3.00. The Morgan fingerprint density at radius 2 is 2.03 bits per heavy atom. The van der Waals surface area contributed by atoms with Gasteiger partial charge < -0.3 is 14.4 Å². The van der Waals surface area contributed by atoms with Crippen LogP contribution in [0.4, 0.5) is 0 Å². The molecule has 3 amide bonds. The highest BCUT2D eigenvalue weighted by molar-refractivity contribution is 7.12. The number of benzene rings is 1. The smallest absolute Gasteiger partial charge is 0.269 e. The van der Waals surface area contributed by atoms with Gasteiger partial charge in [-0.2, -0.15) is 0 Å². The summed E-state index contributed by atoms with van der Waals surface area (Å²) in [6.07, 6.45) is 3.22. The van der Waals surface area contributed by atoms with Gasteiger partial charge in [0, 0.05) is 12.1 Å². The summed E-state index contributed by atoms with van der Waals surface area (Å²) in [5, 5.41) is 1.83. The largest absolute Gasteiger partial charge is 0.493 e. The number of likely N-dealkylation sites (tertiary alicyclic amines) is 1. The number of carbonyl (C=O) groups excluding carboxylic acids is 3. The van der Waals surface area contributed by atoms with Gasteiger partial charge in [-0.3, -0.25) is 25.2 Å². The number of hydrogen-bond acceptors (Lipinski definition) is 6. The van der Waals surface area contributed by atoms with Crippen LogP contribution >= 0.6 is 11.3 Å². The summed E-state index contributed by atoms with van der Waals surface area (Å²) in [4.78, 5) is 39.9. The summed E-state index contributed by atoms with van der Waals surface area (Å²) in [5.74, 6) is -0.0608. The van der Waals surface area contributed by atoms with Gasteiger partial charge in [-0.25, -0.2) is 0 Å². The van der Waals surface area contributed by atoms with E-state index in [0.29, 0.717) is 41.5 Å². The SMILES string of the molecule is CCCCOc1ccc(C(=O)NNC(=O)[C@H]2CCCN2C(=O)c2cccs2)cc1OC. The highest BCUT2D eigenvalue weighted by Gasteiger charge is 2.35. The number of nitrogens with zero attached hydrogens (tertiary/aromatic N) is 1. The molecule has 0 saturated carbocycles. The number of hydrogen-bond donors (Lipinski definition) is 2. The van der Waals surface area contributed by atoms with Crippen LogP contribution in [0.5, 0.6) is 11.5 Å². The Morgan fingerprint density at radius 3 is 2.74 bits per heavy atom. The molecule has 2 N–H and O–H groups in total. The summed E-state index contributed by atoms with van der Waals surface area (Å²) in [5.41, 5.74) is 5.19. The van der Waals surface area contributed by atoms with Crippen molar-refractivity contribution in [1.82, 2.24) is 15.8 Å². The van der Waals surface area contributed by atoms with E-state index in [1.807, 2.05) is 5.38 Å². The molecule has 1 aliphatic rings. The van der Waals surface area contributed by atoms with Gasteiger partial charge in [0.2, 0.25) is 0 Å². The maximum atomic E-state index is 12.6. The van der Waals surface area contributed by atoms with Crippen LogP contribution in [0.15, 0.2) is 35.7 Å². The number of thiophene rings is 1. The number of hydrazine groups is 1. The average molecular weight is 446 g/mol. The molecule has 1 aromatic carbocycles. The van der Waals surface area contributed by atoms with Crippen LogP contribution in [-0.2, 0) is 4.79 Å². The minimum absolute atomic E-state index is 0.164. The van der Waals surface area contributed by atoms with E-state index in [0.717, 1.165) is 19.3 Å². The maximum Gasteiger partial charge on any atom is 0.269 e. The number of amides is 3. The van der Waals surface area contributed by atoms with Crippen LogP contribution in [0.3, 0.4) is 0 Å². The Bertz CT molecular complexity index is 916. The third-order valence-corrected chi connectivity index (χ3v) is 5.89. The summed E-state index contributed by atoms with van der Waals surface area (Å²) in [6.45, 7) is 3.15. The molecule has 3 rings (SSSR count). The molecule has 1 saturated heterocycles. The molecule has 0 unspecified atom stereocenters. The van der Waals surface area contributed by atoms with Gasteiger partial charge in [0.15, 0.2) is 11.5 Å². The second kappa shape index (κ2) is 10.8. The zero-order valence-electron chi connectivity index (χ0n) is 17.7. The Morgan fingerprint density at radius 1 is 1.19 bits per heavy atom. The van der Waals surface area contributed by atoms with Gasteiger partial charge in [0.25, 0.3) is 17.7 Å². The van der Waals surface area contributed by atoms with Crippen molar-refractivity contribution in [3.8, 4) is 11.5 Å². The summed E-state index contributed by atoms with van der Waals surface area (Å²) in [7, 11) is 1.50. The van der Waals surface area contributed by atoms with Crippen molar-refractivity contribution in [2.75, 3.05) is 20.3 Å². The standard InChI is InChI=1S/C22H27N3O5S/c1-3-4-12-30-17-10-9-15(14-18(17)29-2)20(26)23-24-21(27)16-7-5-11-25(16)22(28)19-8-6-13-31-19/h6,8-10,13-14,16H,3-5,7,11-12H2,1-2H3,(H,23,26)(H,24,27)/t16-/m1/s1. The van der Waals surface area contributed by atoms with Gasteiger partial charge >= 0.3 is 0 Å². The Hall–Kier alpha value is -3.07. The van der Waals surface area contributed by atoms with Crippen LogP contribution in [0.25, 0.3) is 0 Å². The number of carbonyl (C=O) groups is 3. The normalized spacial score (nSPS) is 15.4. The van der Waals surface area contributed by atoms with Crippen LogP contribution in [0.1, 0.15) is 52.6 Å². The predicted molar refractivity (Wildman–Crippen MR) is 117 cm³/mol. The van der Waals surface area contributed by atoms with E-state index >= 15 is 0 Å². The highest BCUT2D eigenvalue weighted by atomic mass is 32.1. The number of ether oxygens (including phenoxy) is 2. The minimum atomic E-state index is -0.612. The molecule has 166 valence electrons. The van der Waals surface area contributed by atoms with Gasteiger partial charge in [-0.1, -0.05) is 19.4 Å². The van der Waals surface area contributed by atoms with E-state index < -0.39 is 17.9 Å². The van der Waals surface area contributed by atoms with Crippen molar-refractivity contribution in [3.05, 3.63) is 46.2 Å². The zero-order valence-corrected chi connectivity index (χ0v) is 18.5. The maximum absolute atomic E-state index is 12.6. The lowest BCUT2D eigenvalue weighted by atomic mass is 10.2. The fourth-order valence-corrected chi connectivity index (χ4v) is 4.03. The molecule has 9 heteroatoms. The lowest BCUT2D eigenvalue weighted by Crippen LogP contribution is -2.51. The molecule has 1 atom stereocenters. The third kappa shape index (κ3) is 5.55. The first kappa shape index (κ1) is 22.6.